The number of rotatable bonds is 6. The van der Waals surface area contributed by atoms with Crippen LogP contribution in [0.5, 0.6) is 11.5 Å². The van der Waals surface area contributed by atoms with Crippen molar-refractivity contribution in [2.24, 2.45) is 0 Å². The summed E-state index contributed by atoms with van der Waals surface area (Å²) in [4.78, 5) is 35.5. The summed E-state index contributed by atoms with van der Waals surface area (Å²) < 4.78 is 15.7. The number of para-hydroxylation sites is 2. The van der Waals surface area contributed by atoms with Crippen LogP contribution in [-0.4, -0.2) is 44.1 Å². The second kappa shape index (κ2) is 8.90. The van der Waals surface area contributed by atoms with Crippen LogP contribution in [0.2, 0.25) is 0 Å². The van der Waals surface area contributed by atoms with Crippen LogP contribution in [-0.2, 0) is 14.3 Å². The first-order valence-electron chi connectivity index (χ1n) is 8.71. The number of esters is 1. The van der Waals surface area contributed by atoms with Crippen LogP contribution in [0.15, 0.2) is 48.5 Å². The van der Waals surface area contributed by atoms with E-state index >= 15 is 0 Å². The number of methoxy groups -OCH3 is 1. The highest BCUT2D eigenvalue weighted by atomic mass is 16.6. The van der Waals surface area contributed by atoms with Gasteiger partial charge in [-0.25, -0.2) is 0 Å². The SMILES string of the molecule is COC(=O)CCNC(=O)c1ccc(NC(=O)[C@H]2COc3ccccc3O2)cc1. The largest absolute Gasteiger partial charge is 0.485 e. The molecule has 3 rings (SSSR count). The van der Waals surface area contributed by atoms with E-state index in [4.69, 9.17) is 9.47 Å². The fraction of sp³-hybridized carbons (Fsp3) is 0.250. The Hall–Kier alpha value is -3.55. The molecule has 0 spiro atoms. The van der Waals surface area contributed by atoms with Gasteiger partial charge in [0.15, 0.2) is 11.5 Å². The summed E-state index contributed by atoms with van der Waals surface area (Å²) in [6.45, 7) is 0.300. The number of hydrogen-bond donors (Lipinski definition) is 2. The third-order valence-corrected chi connectivity index (χ3v) is 4.06. The predicted molar refractivity (Wildman–Crippen MR) is 100 cm³/mol. The van der Waals surface area contributed by atoms with Crippen LogP contribution in [0.1, 0.15) is 16.8 Å². The molecular weight excluding hydrogens is 364 g/mol. The van der Waals surface area contributed by atoms with Crippen molar-refractivity contribution in [2.45, 2.75) is 12.5 Å². The molecule has 146 valence electrons. The molecule has 0 bridgehead atoms. The van der Waals surface area contributed by atoms with E-state index in [9.17, 15) is 14.4 Å². The van der Waals surface area contributed by atoms with Crippen molar-refractivity contribution in [3.63, 3.8) is 0 Å². The van der Waals surface area contributed by atoms with E-state index in [-0.39, 0.29) is 31.4 Å². The number of amides is 2. The number of carbonyl (C=O) groups is 3. The monoisotopic (exact) mass is 384 g/mol. The Balaban J connectivity index is 1.52. The van der Waals surface area contributed by atoms with E-state index in [0.717, 1.165) is 0 Å². The fourth-order valence-electron chi connectivity index (χ4n) is 2.56. The van der Waals surface area contributed by atoms with E-state index in [2.05, 4.69) is 15.4 Å². The maximum absolute atomic E-state index is 12.4. The summed E-state index contributed by atoms with van der Waals surface area (Å²) >= 11 is 0. The Morgan fingerprint density at radius 3 is 2.50 bits per heavy atom. The van der Waals surface area contributed by atoms with E-state index in [1.165, 1.54) is 7.11 Å². The van der Waals surface area contributed by atoms with Gasteiger partial charge in [-0.05, 0) is 36.4 Å². The molecule has 2 aromatic rings. The van der Waals surface area contributed by atoms with Gasteiger partial charge in [0.25, 0.3) is 11.8 Å². The van der Waals surface area contributed by atoms with Gasteiger partial charge in [-0.3, -0.25) is 14.4 Å². The lowest BCUT2D eigenvalue weighted by molar-refractivity contribution is -0.140. The van der Waals surface area contributed by atoms with E-state index in [0.29, 0.717) is 22.7 Å². The second-order valence-electron chi connectivity index (χ2n) is 6.01. The number of hydrogen-bond acceptors (Lipinski definition) is 6. The molecule has 1 aliphatic heterocycles. The van der Waals surface area contributed by atoms with Crippen molar-refractivity contribution in [3.05, 3.63) is 54.1 Å². The van der Waals surface area contributed by atoms with E-state index < -0.39 is 12.1 Å². The molecule has 0 fully saturated rings. The highest BCUT2D eigenvalue weighted by molar-refractivity contribution is 5.97. The van der Waals surface area contributed by atoms with Crippen molar-refractivity contribution in [1.29, 1.82) is 0 Å². The lowest BCUT2D eigenvalue weighted by Crippen LogP contribution is -2.40. The lowest BCUT2D eigenvalue weighted by Gasteiger charge is -2.25. The number of anilines is 1. The summed E-state index contributed by atoms with van der Waals surface area (Å²) in [7, 11) is 1.29. The van der Waals surface area contributed by atoms with Crippen molar-refractivity contribution in [3.8, 4) is 11.5 Å². The molecule has 0 aliphatic carbocycles. The third kappa shape index (κ3) is 4.79. The van der Waals surface area contributed by atoms with Gasteiger partial charge >= 0.3 is 5.97 Å². The van der Waals surface area contributed by atoms with Gasteiger partial charge in [0, 0.05) is 17.8 Å². The third-order valence-electron chi connectivity index (χ3n) is 4.06. The standard InChI is InChI=1S/C20H20N2O6/c1-26-18(23)10-11-21-19(24)13-6-8-14(9-7-13)22-20(25)17-12-27-15-4-2-3-5-16(15)28-17/h2-9,17H,10-12H2,1H3,(H,21,24)(H,22,25)/t17-/m1/s1. The molecule has 0 unspecified atom stereocenters. The zero-order valence-corrected chi connectivity index (χ0v) is 15.3. The van der Waals surface area contributed by atoms with E-state index in [1.807, 2.05) is 6.07 Å². The molecule has 2 aromatic carbocycles. The van der Waals surface area contributed by atoms with Crippen LogP contribution < -0.4 is 20.1 Å². The molecular formula is C20H20N2O6. The number of benzene rings is 2. The molecule has 28 heavy (non-hydrogen) atoms. The normalized spacial score (nSPS) is 14.7. The Bertz CT molecular complexity index is 865. The minimum Gasteiger partial charge on any atom is -0.485 e. The first-order valence-corrected chi connectivity index (χ1v) is 8.71. The van der Waals surface area contributed by atoms with Gasteiger partial charge in [-0.15, -0.1) is 0 Å². The first kappa shape index (κ1) is 19.2. The second-order valence-corrected chi connectivity index (χ2v) is 6.01. The van der Waals surface area contributed by atoms with Crippen LogP contribution >= 0.6 is 0 Å². The Kier molecular flexibility index (Phi) is 6.11. The molecule has 8 heteroatoms. The summed E-state index contributed by atoms with van der Waals surface area (Å²) in [5.74, 6) is 0.0732. The van der Waals surface area contributed by atoms with Crippen LogP contribution in [0.3, 0.4) is 0 Å². The lowest BCUT2D eigenvalue weighted by atomic mass is 10.2. The average molecular weight is 384 g/mol. The predicted octanol–water partition coefficient (Wildman–Crippen LogP) is 1.76. The maximum Gasteiger partial charge on any atom is 0.307 e. The molecule has 0 saturated heterocycles. The van der Waals surface area contributed by atoms with Crippen molar-refractivity contribution in [1.82, 2.24) is 5.32 Å². The molecule has 1 heterocycles. The molecule has 0 radical (unpaired) electrons. The molecule has 1 aliphatic rings. The zero-order chi connectivity index (χ0) is 19.9. The van der Waals surface area contributed by atoms with E-state index in [1.54, 1.807) is 42.5 Å². The molecule has 8 nitrogen and oxygen atoms in total. The van der Waals surface area contributed by atoms with Crippen molar-refractivity contribution < 1.29 is 28.6 Å². The molecule has 1 atom stereocenters. The van der Waals surface area contributed by atoms with Gasteiger partial charge in [0.2, 0.25) is 6.10 Å². The zero-order valence-electron chi connectivity index (χ0n) is 15.3. The van der Waals surface area contributed by atoms with Gasteiger partial charge in [-0.1, -0.05) is 12.1 Å². The topological polar surface area (TPSA) is 103 Å². The van der Waals surface area contributed by atoms with Crippen LogP contribution in [0.4, 0.5) is 5.69 Å². The van der Waals surface area contributed by atoms with Crippen LogP contribution in [0, 0.1) is 0 Å². The highest BCUT2D eigenvalue weighted by Crippen LogP contribution is 2.31. The summed E-state index contributed by atoms with van der Waals surface area (Å²) in [5, 5.41) is 5.36. The van der Waals surface area contributed by atoms with Gasteiger partial charge in [0.05, 0.1) is 13.5 Å². The Labute approximate surface area is 161 Å². The molecule has 0 aromatic heterocycles. The van der Waals surface area contributed by atoms with Gasteiger partial charge < -0.3 is 24.8 Å². The Morgan fingerprint density at radius 2 is 1.79 bits per heavy atom. The average Bonchev–Trinajstić information content (AvgIpc) is 2.73. The molecule has 2 N–H and O–H groups in total. The van der Waals surface area contributed by atoms with Crippen LogP contribution in [0.25, 0.3) is 0 Å². The quantitative estimate of drug-likeness (QED) is 0.736. The fourth-order valence-corrected chi connectivity index (χ4v) is 2.56. The summed E-state index contributed by atoms with van der Waals surface area (Å²) in [5.41, 5.74) is 0.938. The first-order chi connectivity index (χ1) is 13.6. The Morgan fingerprint density at radius 1 is 1.07 bits per heavy atom. The van der Waals surface area contributed by atoms with Crippen molar-refractivity contribution in [2.75, 3.05) is 25.6 Å². The minimum absolute atomic E-state index is 0.100. The molecule has 2 amide bonds. The van der Waals surface area contributed by atoms with Crippen molar-refractivity contribution >= 4 is 23.5 Å². The highest BCUT2D eigenvalue weighted by Gasteiger charge is 2.27. The molecule has 0 saturated carbocycles. The smallest absolute Gasteiger partial charge is 0.307 e. The van der Waals surface area contributed by atoms with Gasteiger partial charge in [-0.2, -0.15) is 0 Å². The summed E-state index contributed by atoms with van der Waals surface area (Å²) in [6.07, 6.45) is -0.667. The summed E-state index contributed by atoms with van der Waals surface area (Å²) in [6, 6.07) is 13.5. The number of ether oxygens (including phenoxy) is 3. The number of fused-ring (bicyclic) bond motifs is 1. The van der Waals surface area contributed by atoms with Gasteiger partial charge in [0.1, 0.15) is 6.61 Å². The number of carbonyl (C=O) groups excluding carboxylic acids is 3. The maximum atomic E-state index is 12.4. The number of nitrogens with one attached hydrogen (secondary N) is 2. The minimum atomic E-state index is -0.767.